The van der Waals surface area contributed by atoms with Gasteiger partial charge in [-0.1, -0.05) is 12.1 Å². The summed E-state index contributed by atoms with van der Waals surface area (Å²) in [6.45, 7) is 0. The lowest BCUT2D eigenvalue weighted by molar-refractivity contribution is 0.102. The number of hydrogen-bond donors (Lipinski definition) is 1. The van der Waals surface area contributed by atoms with E-state index in [4.69, 9.17) is 0 Å². The van der Waals surface area contributed by atoms with Crippen LogP contribution in [0.2, 0.25) is 0 Å². The van der Waals surface area contributed by atoms with Crippen LogP contribution in [0.25, 0.3) is 10.6 Å². The smallest absolute Gasteiger partial charge is 0.257 e. The molecular weight excluding hydrogens is 295 g/mol. The molecule has 2 heterocycles. The molecule has 100 valence electrons. The number of nitrogens with one attached hydrogen (secondary N) is 1. The number of carbonyl (C=O) groups is 1. The van der Waals surface area contributed by atoms with Crippen LogP contribution in [-0.4, -0.2) is 10.9 Å². The highest BCUT2D eigenvalue weighted by Crippen LogP contribution is 2.28. The number of hydrogen-bond acceptors (Lipinski definition) is 4. The molecule has 0 radical (unpaired) electrons. The molecule has 3 rings (SSSR count). The van der Waals surface area contributed by atoms with Gasteiger partial charge in [0.2, 0.25) is 0 Å². The molecule has 0 saturated carbocycles. The van der Waals surface area contributed by atoms with Gasteiger partial charge >= 0.3 is 0 Å². The van der Waals surface area contributed by atoms with Crippen LogP contribution in [0.4, 0.5) is 9.52 Å². The van der Waals surface area contributed by atoms with Crippen LogP contribution >= 0.6 is 22.7 Å². The van der Waals surface area contributed by atoms with Gasteiger partial charge in [-0.3, -0.25) is 10.1 Å². The summed E-state index contributed by atoms with van der Waals surface area (Å²) in [6.07, 6.45) is 0. The second-order valence-corrected chi connectivity index (χ2v) is 5.79. The van der Waals surface area contributed by atoms with Crippen LogP contribution in [0.15, 0.2) is 47.2 Å². The number of anilines is 1. The Balaban J connectivity index is 1.77. The molecule has 0 bridgehead atoms. The molecule has 0 fully saturated rings. The van der Waals surface area contributed by atoms with Crippen molar-refractivity contribution < 1.29 is 9.18 Å². The van der Waals surface area contributed by atoms with Gasteiger partial charge in [0.25, 0.3) is 5.91 Å². The predicted octanol–water partition coefficient (Wildman–Crippen LogP) is 4.26. The molecule has 1 N–H and O–H groups in total. The number of thiophene rings is 1. The first-order valence-corrected chi connectivity index (χ1v) is 7.54. The first-order chi connectivity index (χ1) is 9.72. The number of halogens is 1. The minimum Gasteiger partial charge on any atom is -0.298 e. The van der Waals surface area contributed by atoms with Gasteiger partial charge in [0.15, 0.2) is 5.13 Å². The third-order valence-electron chi connectivity index (χ3n) is 2.59. The fourth-order valence-corrected chi connectivity index (χ4v) is 3.13. The number of amides is 1. The van der Waals surface area contributed by atoms with Crippen LogP contribution < -0.4 is 5.32 Å². The number of carbonyl (C=O) groups excluding carboxylic acids is 1. The molecule has 0 saturated heterocycles. The molecule has 0 spiro atoms. The third kappa shape index (κ3) is 2.76. The zero-order chi connectivity index (χ0) is 13.9. The highest BCUT2D eigenvalue weighted by molar-refractivity contribution is 7.16. The normalized spacial score (nSPS) is 10.4. The minimum absolute atomic E-state index is 0.276. The molecule has 0 aliphatic heterocycles. The molecule has 0 atom stereocenters. The number of nitrogens with zero attached hydrogens (tertiary/aromatic N) is 1. The summed E-state index contributed by atoms with van der Waals surface area (Å²) in [5.41, 5.74) is 1.11. The molecule has 3 aromatic rings. The number of aromatic nitrogens is 1. The molecule has 0 unspecified atom stereocenters. The minimum atomic E-state index is -0.434. The van der Waals surface area contributed by atoms with Gasteiger partial charge in [0.05, 0.1) is 10.6 Å². The van der Waals surface area contributed by atoms with E-state index in [0.717, 1.165) is 10.6 Å². The summed E-state index contributed by atoms with van der Waals surface area (Å²) >= 11 is 2.93. The van der Waals surface area contributed by atoms with Crippen molar-refractivity contribution >= 4 is 33.7 Å². The van der Waals surface area contributed by atoms with Gasteiger partial charge in [-0.2, -0.15) is 0 Å². The van der Waals surface area contributed by atoms with Gasteiger partial charge in [-0.05, 0) is 29.6 Å². The summed E-state index contributed by atoms with van der Waals surface area (Å²) in [4.78, 5) is 17.3. The molecule has 2 aromatic heterocycles. The van der Waals surface area contributed by atoms with E-state index in [1.54, 1.807) is 17.4 Å². The monoisotopic (exact) mass is 304 g/mol. The molecule has 0 aliphatic carbocycles. The van der Waals surface area contributed by atoms with Crippen molar-refractivity contribution in [3.8, 4) is 10.6 Å². The maximum atomic E-state index is 13.1. The van der Waals surface area contributed by atoms with E-state index in [0.29, 0.717) is 5.13 Å². The zero-order valence-corrected chi connectivity index (χ0v) is 11.8. The van der Waals surface area contributed by atoms with E-state index in [-0.39, 0.29) is 11.5 Å². The summed E-state index contributed by atoms with van der Waals surface area (Å²) < 4.78 is 13.1. The van der Waals surface area contributed by atoms with Gasteiger partial charge < -0.3 is 0 Å². The van der Waals surface area contributed by atoms with Crippen LogP contribution in [-0.2, 0) is 0 Å². The van der Waals surface area contributed by atoms with Crippen molar-refractivity contribution in [1.29, 1.82) is 0 Å². The van der Waals surface area contributed by atoms with Crippen LogP contribution in [0.3, 0.4) is 0 Å². The number of rotatable bonds is 3. The first-order valence-electron chi connectivity index (χ1n) is 5.79. The van der Waals surface area contributed by atoms with Gasteiger partial charge in [0.1, 0.15) is 5.82 Å². The predicted molar refractivity (Wildman–Crippen MR) is 79.8 cm³/mol. The Morgan fingerprint density at radius 2 is 2.10 bits per heavy atom. The molecule has 1 amide bonds. The first kappa shape index (κ1) is 13.0. The molecule has 1 aromatic carbocycles. The Hall–Kier alpha value is -2.05. The summed E-state index contributed by atoms with van der Waals surface area (Å²) in [5, 5.41) is 7.03. The third-order valence-corrected chi connectivity index (χ3v) is 4.24. The maximum absolute atomic E-state index is 13.1. The SMILES string of the molecule is O=C(Nc1nc(-c2cccs2)cs1)c1cccc(F)c1. The van der Waals surface area contributed by atoms with Gasteiger partial charge in [-0.25, -0.2) is 9.37 Å². The fourth-order valence-electron chi connectivity index (χ4n) is 1.67. The summed E-state index contributed by atoms with van der Waals surface area (Å²) in [5.74, 6) is -0.798. The van der Waals surface area contributed by atoms with E-state index < -0.39 is 5.82 Å². The number of thiazole rings is 1. The average Bonchev–Trinajstić information content (AvgIpc) is 3.08. The fraction of sp³-hybridized carbons (Fsp3) is 0. The second kappa shape index (κ2) is 5.52. The Bertz CT molecular complexity index is 737. The molecule has 3 nitrogen and oxygen atoms in total. The zero-order valence-electron chi connectivity index (χ0n) is 10.2. The largest absolute Gasteiger partial charge is 0.298 e. The number of benzene rings is 1. The van der Waals surface area contributed by atoms with E-state index in [9.17, 15) is 9.18 Å². The van der Waals surface area contributed by atoms with Crippen molar-refractivity contribution in [1.82, 2.24) is 4.98 Å². The van der Waals surface area contributed by atoms with E-state index >= 15 is 0 Å². The maximum Gasteiger partial charge on any atom is 0.257 e. The highest BCUT2D eigenvalue weighted by atomic mass is 32.1. The quantitative estimate of drug-likeness (QED) is 0.785. The Kier molecular flexibility index (Phi) is 3.58. The second-order valence-electron chi connectivity index (χ2n) is 3.98. The van der Waals surface area contributed by atoms with Crippen molar-refractivity contribution in [2.75, 3.05) is 5.32 Å². The lowest BCUT2D eigenvalue weighted by atomic mass is 10.2. The van der Waals surface area contributed by atoms with E-state index in [1.165, 1.54) is 29.5 Å². The van der Waals surface area contributed by atoms with Gasteiger partial charge in [-0.15, -0.1) is 22.7 Å². The Labute approximate surface area is 122 Å². The topological polar surface area (TPSA) is 42.0 Å². The summed E-state index contributed by atoms with van der Waals surface area (Å²) in [6, 6.07) is 9.48. The lowest BCUT2D eigenvalue weighted by Gasteiger charge is -2.01. The van der Waals surface area contributed by atoms with Crippen molar-refractivity contribution in [2.45, 2.75) is 0 Å². The molecule has 20 heavy (non-hydrogen) atoms. The summed E-state index contributed by atoms with van der Waals surface area (Å²) in [7, 11) is 0. The average molecular weight is 304 g/mol. The van der Waals surface area contributed by atoms with Crippen molar-refractivity contribution in [3.05, 3.63) is 58.5 Å². The Morgan fingerprint density at radius 3 is 2.85 bits per heavy atom. The molecule has 6 heteroatoms. The standard InChI is InChI=1S/C14H9FN2OS2/c15-10-4-1-3-9(7-10)13(18)17-14-16-11(8-20-14)12-5-2-6-19-12/h1-8H,(H,16,17,18). The molecule has 0 aliphatic rings. The Morgan fingerprint density at radius 1 is 1.20 bits per heavy atom. The van der Waals surface area contributed by atoms with Gasteiger partial charge in [0, 0.05) is 10.9 Å². The van der Waals surface area contributed by atoms with E-state index in [2.05, 4.69) is 10.3 Å². The van der Waals surface area contributed by atoms with Crippen LogP contribution in [0.5, 0.6) is 0 Å². The van der Waals surface area contributed by atoms with E-state index in [1.807, 2.05) is 22.9 Å². The molecular formula is C14H9FN2OS2. The lowest BCUT2D eigenvalue weighted by Crippen LogP contribution is -2.11. The van der Waals surface area contributed by atoms with Crippen LogP contribution in [0.1, 0.15) is 10.4 Å². The van der Waals surface area contributed by atoms with Crippen LogP contribution in [0, 0.1) is 5.82 Å². The highest BCUT2D eigenvalue weighted by Gasteiger charge is 2.10. The van der Waals surface area contributed by atoms with Crippen molar-refractivity contribution in [3.63, 3.8) is 0 Å². The van der Waals surface area contributed by atoms with Crippen molar-refractivity contribution in [2.24, 2.45) is 0 Å².